The summed E-state index contributed by atoms with van der Waals surface area (Å²) in [6, 6.07) is 0.699. The quantitative estimate of drug-likeness (QED) is 0.804. The Balaban J connectivity index is 1.44. The van der Waals surface area contributed by atoms with Crippen LogP contribution in [0.2, 0.25) is 0 Å². The zero-order valence-corrected chi connectivity index (χ0v) is 12.2. The van der Waals surface area contributed by atoms with Gasteiger partial charge >= 0.3 is 0 Å². The molecule has 0 bridgehead atoms. The lowest BCUT2D eigenvalue weighted by atomic mass is 9.51. The minimum absolute atomic E-state index is 0.0275. The van der Waals surface area contributed by atoms with Crippen molar-refractivity contribution >= 4 is 0 Å². The van der Waals surface area contributed by atoms with E-state index in [1.54, 1.807) is 0 Å². The first-order chi connectivity index (χ1) is 9.24. The van der Waals surface area contributed by atoms with Crippen molar-refractivity contribution in [2.24, 2.45) is 11.3 Å². The lowest BCUT2D eigenvalue weighted by molar-refractivity contribution is -0.173. The average molecular weight is 267 g/mol. The molecule has 19 heavy (non-hydrogen) atoms. The highest BCUT2D eigenvalue weighted by molar-refractivity contribution is 5.12. The fraction of sp³-hybridized carbons (Fsp3) is 1.00. The van der Waals surface area contributed by atoms with Crippen molar-refractivity contribution < 1.29 is 9.84 Å². The molecule has 2 unspecified atom stereocenters. The number of rotatable bonds is 5. The van der Waals surface area contributed by atoms with Crippen molar-refractivity contribution in [3.8, 4) is 0 Å². The molecule has 3 fully saturated rings. The van der Waals surface area contributed by atoms with E-state index in [1.807, 2.05) is 0 Å². The molecule has 0 aromatic carbocycles. The molecule has 3 rings (SSSR count). The Labute approximate surface area is 117 Å². The molecule has 0 aliphatic heterocycles. The van der Waals surface area contributed by atoms with Gasteiger partial charge < -0.3 is 15.2 Å². The van der Waals surface area contributed by atoms with Crippen LogP contribution in [0.3, 0.4) is 0 Å². The van der Waals surface area contributed by atoms with E-state index in [4.69, 9.17) is 4.74 Å². The Hall–Kier alpha value is -0.120. The molecule has 3 aliphatic carbocycles. The minimum Gasteiger partial charge on any atom is -0.393 e. The Morgan fingerprint density at radius 1 is 1.21 bits per heavy atom. The van der Waals surface area contributed by atoms with E-state index in [2.05, 4.69) is 12.2 Å². The van der Waals surface area contributed by atoms with E-state index < -0.39 is 0 Å². The van der Waals surface area contributed by atoms with E-state index in [0.717, 1.165) is 31.9 Å². The summed E-state index contributed by atoms with van der Waals surface area (Å²) in [5.74, 6) is 0.784. The van der Waals surface area contributed by atoms with Gasteiger partial charge in [0, 0.05) is 18.1 Å². The fourth-order valence-electron chi connectivity index (χ4n) is 4.38. The summed E-state index contributed by atoms with van der Waals surface area (Å²) in [6.45, 7) is 4.12. The van der Waals surface area contributed by atoms with Gasteiger partial charge in [-0.3, -0.25) is 0 Å². The molecule has 2 atom stereocenters. The van der Waals surface area contributed by atoms with Crippen LogP contribution in [0, 0.1) is 11.3 Å². The van der Waals surface area contributed by atoms with Gasteiger partial charge in [0.2, 0.25) is 0 Å². The molecule has 3 nitrogen and oxygen atoms in total. The van der Waals surface area contributed by atoms with Gasteiger partial charge in [-0.25, -0.2) is 0 Å². The van der Waals surface area contributed by atoms with E-state index in [-0.39, 0.29) is 6.10 Å². The van der Waals surface area contributed by atoms with Crippen LogP contribution in [-0.2, 0) is 4.74 Å². The summed E-state index contributed by atoms with van der Waals surface area (Å²) in [7, 11) is 0. The second-order valence-corrected chi connectivity index (χ2v) is 6.90. The van der Waals surface area contributed by atoms with Gasteiger partial charge in [0.05, 0.1) is 12.2 Å². The summed E-state index contributed by atoms with van der Waals surface area (Å²) >= 11 is 0. The van der Waals surface area contributed by atoms with Crippen molar-refractivity contribution in [3.05, 3.63) is 0 Å². The highest BCUT2D eigenvalue weighted by Crippen LogP contribution is 2.57. The SMILES string of the molecule is CCOC1CC(NCC2CCC(O)CC2)C12CCC2. The predicted molar refractivity (Wildman–Crippen MR) is 76.1 cm³/mol. The maximum absolute atomic E-state index is 9.55. The molecule has 1 spiro atoms. The van der Waals surface area contributed by atoms with E-state index in [9.17, 15) is 5.11 Å². The van der Waals surface area contributed by atoms with E-state index in [0.29, 0.717) is 17.6 Å². The van der Waals surface area contributed by atoms with Gasteiger partial charge in [-0.1, -0.05) is 6.42 Å². The Bertz CT molecular complexity index is 295. The Morgan fingerprint density at radius 3 is 2.53 bits per heavy atom. The van der Waals surface area contributed by atoms with E-state index in [1.165, 1.54) is 38.5 Å². The van der Waals surface area contributed by atoms with Gasteiger partial charge in [-0.05, 0) is 64.3 Å². The summed E-state index contributed by atoms with van der Waals surface area (Å²) in [6.07, 6.45) is 10.2. The lowest BCUT2D eigenvalue weighted by Gasteiger charge is -2.61. The van der Waals surface area contributed by atoms with Crippen molar-refractivity contribution in [1.29, 1.82) is 0 Å². The normalized spacial score (nSPS) is 40.7. The van der Waals surface area contributed by atoms with Crippen LogP contribution in [0.5, 0.6) is 0 Å². The lowest BCUT2D eigenvalue weighted by Crippen LogP contribution is -2.67. The Kier molecular flexibility index (Phi) is 4.16. The van der Waals surface area contributed by atoms with Crippen LogP contribution in [0.25, 0.3) is 0 Å². The largest absolute Gasteiger partial charge is 0.393 e. The van der Waals surface area contributed by atoms with E-state index >= 15 is 0 Å². The minimum atomic E-state index is -0.0275. The standard InChI is InChI=1S/C16H29NO2/c1-2-19-15-10-14(16(15)8-3-9-16)17-11-12-4-6-13(18)7-5-12/h12-15,17-18H,2-11H2,1H3. The molecule has 110 valence electrons. The van der Waals surface area contributed by atoms with Crippen LogP contribution in [-0.4, -0.2) is 36.5 Å². The smallest absolute Gasteiger partial charge is 0.0661 e. The highest BCUT2D eigenvalue weighted by atomic mass is 16.5. The van der Waals surface area contributed by atoms with Gasteiger partial charge in [-0.2, -0.15) is 0 Å². The molecular formula is C16H29NO2. The van der Waals surface area contributed by atoms with Crippen LogP contribution in [0.4, 0.5) is 0 Å². The molecule has 0 heterocycles. The van der Waals surface area contributed by atoms with Crippen LogP contribution in [0.15, 0.2) is 0 Å². The van der Waals surface area contributed by atoms with Gasteiger partial charge in [0.15, 0.2) is 0 Å². The topological polar surface area (TPSA) is 41.5 Å². The second-order valence-electron chi connectivity index (χ2n) is 6.90. The molecule has 3 aliphatic rings. The number of hydrogen-bond donors (Lipinski definition) is 2. The molecule has 0 radical (unpaired) electrons. The van der Waals surface area contributed by atoms with Crippen LogP contribution in [0.1, 0.15) is 58.3 Å². The van der Waals surface area contributed by atoms with Crippen LogP contribution < -0.4 is 5.32 Å². The summed E-state index contributed by atoms with van der Waals surface area (Å²) in [5, 5.41) is 13.4. The molecule has 0 saturated heterocycles. The number of nitrogens with one attached hydrogen (secondary N) is 1. The monoisotopic (exact) mass is 267 g/mol. The van der Waals surface area contributed by atoms with Crippen molar-refractivity contribution in [1.82, 2.24) is 5.32 Å². The molecule has 2 N–H and O–H groups in total. The number of hydrogen-bond acceptors (Lipinski definition) is 3. The van der Waals surface area contributed by atoms with Crippen molar-refractivity contribution in [3.63, 3.8) is 0 Å². The first-order valence-corrected chi connectivity index (χ1v) is 8.27. The van der Waals surface area contributed by atoms with Gasteiger partial charge in [0.1, 0.15) is 0 Å². The maximum atomic E-state index is 9.55. The third-order valence-electron chi connectivity index (χ3n) is 5.91. The summed E-state index contributed by atoms with van der Waals surface area (Å²) in [4.78, 5) is 0. The first kappa shape index (κ1) is 13.8. The average Bonchev–Trinajstić information content (AvgIpc) is 2.33. The molecule has 3 saturated carbocycles. The predicted octanol–water partition coefficient (Wildman–Crippen LogP) is 2.47. The summed E-state index contributed by atoms with van der Waals surface area (Å²) in [5.41, 5.74) is 0.490. The molecular weight excluding hydrogens is 238 g/mol. The number of ether oxygens (including phenoxy) is 1. The zero-order valence-electron chi connectivity index (χ0n) is 12.2. The number of aliphatic hydroxyl groups is 1. The van der Waals surface area contributed by atoms with Gasteiger partial charge in [0.25, 0.3) is 0 Å². The van der Waals surface area contributed by atoms with Gasteiger partial charge in [-0.15, -0.1) is 0 Å². The van der Waals surface area contributed by atoms with Crippen molar-refractivity contribution in [2.45, 2.75) is 76.5 Å². The second kappa shape index (κ2) is 5.71. The maximum Gasteiger partial charge on any atom is 0.0661 e. The third kappa shape index (κ3) is 2.57. The van der Waals surface area contributed by atoms with Crippen LogP contribution >= 0.6 is 0 Å². The third-order valence-corrected chi connectivity index (χ3v) is 5.91. The molecule has 0 aromatic heterocycles. The highest BCUT2D eigenvalue weighted by Gasteiger charge is 2.58. The summed E-state index contributed by atoms with van der Waals surface area (Å²) < 4.78 is 5.90. The zero-order chi connectivity index (χ0) is 13.3. The fourth-order valence-corrected chi connectivity index (χ4v) is 4.38. The number of aliphatic hydroxyl groups excluding tert-OH is 1. The molecule has 3 heteroatoms. The Morgan fingerprint density at radius 2 is 1.95 bits per heavy atom. The molecule has 0 aromatic rings. The first-order valence-electron chi connectivity index (χ1n) is 8.27. The molecule has 0 amide bonds. The van der Waals surface area contributed by atoms with Crippen molar-refractivity contribution in [2.75, 3.05) is 13.2 Å².